The Labute approximate surface area is 101 Å². The maximum Gasteiger partial charge on any atom is 0.222 e. The number of nitrogens with zero attached hydrogens (tertiary/aromatic N) is 2. The molecule has 0 unspecified atom stereocenters. The van der Waals surface area contributed by atoms with Crippen molar-refractivity contribution >= 4 is 22.2 Å². The van der Waals surface area contributed by atoms with Crippen molar-refractivity contribution in [1.82, 2.24) is 9.80 Å². The number of hydrogen-bond acceptors (Lipinski definition) is 4. The van der Waals surface area contributed by atoms with Crippen molar-refractivity contribution in [1.29, 1.82) is 0 Å². The largest absolute Gasteiger partial charge is 0.342 e. The zero-order valence-corrected chi connectivity index (χ0v) is 11.1. The van der Waals surface area contributed by atoms with Gasteiger partial charge in [-0.3, -0.25) is 9.59 Å². The quantitative estimate of drug-likeness (QED) is 0.616. The number of likely N-dealkylation sites (N-methyl/N-ethyl adjacent to an activating group) is 2. The second kappa shape index (κ2) is 5.03. The van der Waals surface area contributed by atoms with Crippen LogP contribution < -0.4 is 0 Å². The van der Waals surface area contributed by atoms with Gasteiger partial charge in [0, 0.05) is 20.5 Å². The summed E-state index contributed by atoms with van der Waals surface area (Å²) in [6.07, 6.45) is 0.924. The summed E-state index contributed by atoms with van der Waals surface area (Å²) in [5.74, 6) is -0.261. The van der Waals surface area contributed by atoms with Gasteiger partial charge in [-0.2, -0.15) is 0 Å². The smallest absolute Gasteiger partial charge is 0.222 e. The summed E-state index contributed by atoms with van der Waals surface area (Å²) in [7, 11) is -0.0572. The van der Waals surface area contributed by atoms with Crippen LogP contribution in [0.25, 0.3) is 0 Å². The van der Waals surface area contributed by atoms with Crippen LogP contribution in [-0.2, 0) is 19.4 Å². The molecule has 17 heavy (non-hydrogen) atoms. The predicted molar refractivity (Wildman–Crippen MR) is 63.1 cm³/mol. The zero-order chi connectivity index (χ0) is 13.2. The lowest BCUT2D eigenvalue weighted by Crippen LogP contribution is -2.50. The summed E-state index contributed by atoms with van der Waals surface area (Å²) in [5.41, 5.74) is 0. The van der Waals surface area contributed by atoms with E-state index in [0.29, 0.717) is 12.8 Å². The molecule has 0 aromatic heterocycles. The van der Waals surface area contributed by atoms with Gasteiger partial charge in [0.25, 0.3) is 0 Å². The first-order valence-corrected chi connectivity index (χ1v) is 7.27. The van der Waals surface area contributed by atoms with Crippen molar-refractivity contribution in [2.45, 2.75) is 25.4 Å². The fourth-order valence-corrected chi connectivity index (χ4v) is 4.16. The average Bonchev–Trinajstić information content (AvgIpc) is 2.62. The van der Waals surface area contributed by atoms with Crippen molar-refractivity contribution < 1.29 is 18.0 Å². The van der Waals surface area contributed by atoms with Gasteiger partial charge in [-0.05, 0) is 0 Å². The van der Waals surface area contributed by atoms with Gasteiger partial charge in [-0.15, -0.1) is 0 Å². The molecule has 0 bridgehead atoms. The van der Waals surface area contributed by atoms with Crippen LogP contribution in [0.15, 0.2) is 0 Å². The second-order valence-electron chi connectivity index (χ2n) is 4.34. The summed E-state index contributed by atoms with van der Waals surface area (Å²) >= 11 is 0. The Morgan fingerprint density at radius 1 is 1.29 bits per heavy atom. The molecule has 0 aliphatic carbocycles. The molecule has 6 nitrogen and oxygen atoms in total. The molecule has 1 rings (SSSR count). The summed E-state index contributed by atoms with van der Waals surface area (Å²) in [6, 6.07) is -0.888. The summed E-state index contributed by atoms with van der Waals surface area (Å²) in [5, 5.41) is 0. The molecule has 0 aromatic rings. The topological polar surface area (TPSA) is 74.8 Å². The van der Waals surface area contributed by atoms with Crippen LogP contribution in [0.2, 0.25) is 0 Å². The van der Waals surface area contributed by atoms with Gasteiger partial charge < -0.3 is 9.80 Å². The third-order valence-electron chi connectivity index (χ3n) is 3.18. The molecule has 2 amide bonds. The number of carbonyl (C=O) groups is 2. The van der Waals surface area contributed by atoms with Crippen molar-refractivity contribution in [3.63, 3.8) is 0 Å². The lowest BCUT2D eigenvalue weighted by atomic mass is 10.1. The van der Waals surface area contributed by atoms with Gasteiger partial charge in [-0.25, -0.2) is 8.42 Å². The first kappa shape index (κ1) is 14.0. The minimum absolute atomic E-state index is 0.0713. The third kappa shape index (κ3) is 2.96. The van der Waals surface area contributed by atoms with Crippen LogP contribution in [0.3, 0.4) is 0 Å². The molecular formula is C10H18N2O4S. The highest BCUT2D eigenvalue weighted by molar-refractivity contribution is 7.91. The highest BCUT2D eigenvalue weighted by atomic mass is 32.2. The van der Waals surface area contributed by atoms with Crippen molar-refractivity contribution in [2.75, 3.05) is 25.6 Å². The van der Waals surface area contributed by atoms with Crippen LogP contribution in [0.1, 0.15) is 13.3 Å². The lowest BCUT2D eigenvalue weighted by Gasteiger charge is -2.31. The molecule has 98 valence electrons. The van der Waals surface area contributed by atoms with Crippen molar-refractivity contribution in [2.24, 2.45) is 0 Å². The third-order valence-corrected chi connectivity index (χ3v) is 4.88. The van der Waals surface area contributed by atoms with E-state index in [9.17, 15) is 18.0 Å². The first-order valence-electron chi connectivity index (χ1n) is 5.45. The Bertz CT molecular complexity index is 407. The zero-order valence-electron chi connectivity index (χ0n) is 10.3. The fourth-order valence-electron chi connectivity index (χ4n) is 2.08. The van der Waals surface area contributed by atoms with E-state index in [1.807, 2.05) is 0 Å². The molecular weight excluding hydrogens is 244 g/mol. The van der Waals surface area contributed by atoms with E-state index >= 15 is 0 Å². The molecule has 7 heteroatoms. The molecule has 1 aliphatic heterocycles. The maximum absolute atomic E-state index is 11.6. The predicted octanol–water partition coefficient (Wildman–Crippen LogP) is -0.891. The highest BCUT2D eigenvalue weighted by Gasteiger charge is 2.42. The van der Waals surface area contributed by atoms with Gasteiger partial charge in [0.2, 0.25) is 12.3 Å². The van der Waals surface area contributed by atoms with Crippen molar-refractivity contribution in [3.8, 4) is 0 Å². The molecule has 0 aromatic carbocycles. The van der Waals surface area contributed by atoms with E-state index < -0.39 is 21.9 Å². The van der Waals surface area contributed by atoms with Gasteiger partial charge in [-0.1, -0.05) is 6.92 Å². The van der Waals surface area contributed by atoms with E-state index in [1.54, 1.807) is 14.0 Å². The number of rotatable bonds is 4. The Kier molecular flexibility index (Phi) is 4.13. The lowest BCUT2D eigenvalue weighted by molar-refractivity contribution is -0.133. The molecule has 0 spiro atoms. The maximum atomic E-state index is 11.6. The van der Waals surface area contributed by atoms with Gasteiger partial charge in [0.1, 0.15) is 0 Å². The van der Waals surface area contributed by atoms with Gasteiger partial charge in [0.15, 0.2) is 9.84 Å². The Balaban J connectivity index is 2.95. The van der Waals surface area contributed by atoms with Crippen LogP contribution in [0, 0.1) is 0 Å². The minimum Gasteiger partial charge on any atom is -0.342 e. The van der Waals surface area contributed by atoms with Crippen LogP contribution in [-0.4, -0.2) is 68.2 Å². The van der Waals surface area contributed by atoms with Gasteiger partial charge >= 0.3 is 0 Å². The van der Waals surface area contributed by atoms with E-state index in [0.717, 1.165) is 0 Å². The molecule has 0 N–H and O–H groups in total. The molecule has 2 atom stereocenters. The first-order chi connectivity index (χ1) is 7.82. The van der Waals surface area contributed by atoms with E-state index in [1.165, 1.54) is 16.8 Å². The Morgan fingerprint density at radius 2 is 1.82 bits per heavy atom. The molecule has 1 aliphatic rings. The number of carbonyl (C=O) groups excluding carboxylic acids is 2. The van der Waals surface area contributed by atoms with Crippen LogP contribution >= 0.6 is 0 Å². The van der Waals surface area contributed by atoms with Crippen molar-refractivity contribution in [3.05, 3.63) is 0 Å². The number of hydrogen-bond donors (Lipinski definition) is 0. The summed E-state index contributed by atoms with van der Waals surface area (Å²) < 4.78 is 23.2. The SMILES string of the molecule is CCC(=O)N(C)[C@H]1CS(=O)(=O)C[C@@H]1N(C)C=O. The highest BCUT2D eigenvalue weighted by Crippen LogP contribution is 2.21. The van der Waals surface area contributed by atoms with E-state index in [2.05, 4.69) is 0 Å². The molecule has 1 fully saturated rings. The Hall–Kier alpha value is -1.11. The number of sulfone groups is 1. The Morgan fingerprint density at radius 3 is 2.29 bits per heavy atom. The monoisotopic (exact) mass is 262 g/mol. The van der Waals surface area contributed by atoms with Crippen LogP contribution in [0.5, 0.6) is 0 Å². The normalized spacial score (nSPS) is 26.5. The summed E-state index contributed by atoms with van der Waals surface area (Å²) in [4.78, 5) is 25.1. The van der Waals surface area contributed by atoms with Crippen LogP contribution in [0.4, 0.5) is 0 Å². The van der Waals surface area contributed by atoms with E-state index in [-0.39, 0.29) is 17.4 Å². The molecule has 1 heterocycles. The second-order valence-corrected chi connectivity index (χ2v) is 6.49. The molecule has 0 radical (unpaired) electrons. The van der Waals surface area contributed by atoms with E-state index in [4.69, 9.17) is 0 Å². The minimum atomic E-state index is -3.18. The molecule has 1 saturated heterocycles. The fraction of sp³-hybridized carbons (Fsp3) is 0.800. The average molecular weight is 262 g/mol. The standard InChI is InChI=1S/C10H18N2O4S/c1-4-10(14)12(3)9-6-17(15,16)5-8(9)11(2)7-13/h7-9H,4-6H2,1-3H3/t8-,9-/m0/s1. The molecule has 0 saturated carbocycles. The number of amides is 2. The van der Waals surface area contributed by atoms with Gasteiger partial charge in [0.05, 0.1) is 23.6 Å². The summed E-state index contributed by atoms with van der Waals surface area (Å²) in [6.45, 7) is 1.72.